The van der Waals surface area contributed by atoms with E-state index in [1.165, 1.54) is 250 Å². The maximum absolute atomic E-state index is 12.6. The van der Waals surface area contributed by atoms with E-state index in [2.05, 4.69) is 43.5 Å². The third-order valence-electron chi connectivity index (χ3n) is 14.7. The number of allylic oxidation sites excluding steroid dienone is 4. The van der Waals surface area contributed by atoms with Gasteiger partial charge in [-0.15, -0.1) is 0 Å². The van der Waals surface area contributed by atoms with Crippen LogP contribution in [-0.4, -0.2) is 57.3 Å². The molecule has 0 saturated heterocycles. The topological polar surface area (TPSA) is 110 Å². The summed E-state index contributed by atoms with van der Waals surface area (Å²) in [6, 6.07) is -0.990. The third-order valence-corrected chi connectivity index (χ3v) is 14.7. The first-order valence-electron chi connectivity index (χ1n) is 30.7. The molecule has 68 heavy (non-hydrogen) atoms. The van der Waals surface area contributed by atoms with Crippen molar-refractivity contribution in [1.82, 2.24) is 5.32 Å². The average Bonchev–Trinajstić information content (AvgIpc) is 3.34. The van der Waals surface area contributed by atoms with Crippen molar-refractivity contribution in [2.45, 2.75) is 359 Å². The highest BCUT2D eigenvalue weighted by Gasteiger charge is 2.28. The van der Waals surface area contributed by atoms with Crippen LogP contribution in [0.25, 0.3) is 0 Å². The molecular weight excluding hydrogens is 839 g/mol. The molecule has 0 aliphatic rings. The molecule has 5 N–H and O–H groups in total. The van der Waals surface area contributed by atoms with Gasteiger partial charge in [0.05, 0.1) is 18.8 Å². The Morgan fingerprint density at radius 2 is 0.632 bits per heavy atom. The predicted octanol–water partition coefficient (Wildman–Crippen LogP) is 18.2. The minimum atomic E-state index is -1.26. The van der Waals surface area contributed by atoms with Gasteiger partial charge in [0.15, 0.2) is 0 Å². The van der Waals surface area contributed by atoms with Gasteiger partial charge in [-0.2, -0.15) is 0 Å². The summed E-state index contributed by atoms with van der Waals surface area (Å²) in [5, 5.41) is 44.1. The number of aliphatic hydroxyl groups is 4. The second-order valence-electron chi connectivity index (χ2n) is 21.4. The highest BCUT2D eigenvalue weighted by molar-refractivity contribution is 5.80. The number of hydrogen-bond acceptors (Lipinski definition) is 5. The van der Waals surface area contributed by atoms with Crippen molar-refractivity contribution < 1.29 is 25.2 Å². The third kappa shape index (κ3) is 49.8. The van der Waals surface area contributed by atoms with Crippen molar-refractivity contribution >= 4 is 5.91 Å². The second kappa shape index (κ2) is 56.7. The Morgan fingerprint density at radius 1 is 0.368 bits per heavy atom. The van der Waals surface area contributed by atoms with Crippen LogP contribution in [0.1, 0.15) is 335 Å². The zero-order valence-electron chi connectivity index (χ0n) is 45.9. The highest BCUT2D eigenvalue weighted by atomic mass is 16.3. The smallest absolute Gasteiger partial charge is 0.249 e. The normalized spacial score (nSPS) is 13.8. The fourth-order valence-electron chi connectivity index (χ4n) is 9.85. The molecule has 6 heteroatoms. The number of unbranched alkanes of at least 4 members (excludes halogenated alkanes) is 44. The van der Waals surface area contributed by atoms with E-state index < -0.39 is 36.9 Å². The van der Waals surface area contributed by atoms with Crippen molar-refractivity contribution in [2.24, 2.45) is 0 Å². The number of amides is 1. The van der Waals surface area contributed by atoms with Crippen molar-refractivity contribution in [1.29, 1.82) is 0 Å². The number of aliphatic hydroxyl groups excluding tert-OH is 4. The van der Waals surface area contributed by atoms with Crippen LogP contribution < -0.4 is 5.32 Å². The molecule has 0 saturated carbocycles. The Hall–Kier alpha value is -1.21. The molecule has 0 spiro atoms. The maximum atomic E-state index is 12.6. The lowest BCUT2D eigenvalue weighted by Gasteiger charge is -2.27. The minimum Gasteiger partial charge on any atom is -0.394 e. The lowest BCUT2D eigenvalue weighted by molar-refractivity contribution is -0.132. The molecule has 0 fully saturated rings. The quantitative estimate of drug-likeness (QED) is 0.0308. The molecule has 6 nitrogen and oxygen atoms in total. The van der Waals surface area contributed by atoms with Crippen molar-refractivity contribution in [3.63, 3.8) is 0 Å². The Labute approximate surface area is 425 Å². The van der Waals surface area contributed by atoms with Gasteiger partial charge in [-0.3, -0.25) is 4.79 Å². The van der Waals surface area contributed by atoms with E-state index in [9.17, 15) is 25.2 Å². The van der Waals surface area contributed by atoms with Crippen LogP contribution in [-0.2, 0) is 4.79 Å². The van der Waals surface area contributed by atoms with Gasteiger partial charge in [0.25, 0.3) is 0 Å². The van der Waals surface area contributed by atoms with Gasteiger partial charge < -0.3 is 25.7 Å². The number of carbonyl (C=O) groups is 1. The van der Waals surface area contributed by atoms with Crippen molar-refractivity contribution in [3.8, 4) is 0 Å². The van der Waals surface area contributed by atoms with Gasteiger partial charge in [-0.1, -0.05) is 314 Å². The van der Waals surface area contributed by atoms with Crippen LogP contribution in [0, 0.1) is 0 Å². The Morgan fingerprint density at radius 3 is 0.926 bits per heavy atom. The molecule has 0 radical (unpaired) electrons. The molecule has 0 aromatic carbocycles. The van der Waals surface area contributed by atoms with E-state index >= 15 is 0 Å². The molecule has 4 atom stereocenters. The summed E-state index contributed by atoms with van der Waals surface area (Å²) in [6.45, 7) is 4.09. The minimum absolute atomic E-state index is 0.359. The molecule has 404 valence electrons. The lowest BCUT2D eigenvalue weighted by atomic mass is 9.99. The average molecular weight is 961 g/mol. The monoisotopic (exact) mass is 960 g/mol. The first-order valence-corrected chi connectivity index (χ1v) is 30.7. The van der Waals surface area contributed by atoms with Crippen molar-refractivity contribution in [2.75, 3.05) is 6.61 Å². The maximum Gasteiger partial charge on any atom is 0.249 e. The van der Waals surface area contributed by atoms with Gasteiger partial charge >= 0.3 is 0 Å². The molecule has 0 heterocycles. The van der Waals surface area contributed by atoms with E-state index in [0.717, 1.165) is 57.8 Å². The number of rotatable bonds is 57. The summed E-state index contributed by atoms with van der Waals surface area (Å²) in [5.41, 5.74) is 0. The first-order chi connectivity index (χ1) is 33.5. The zero-order valence-corrected chi connectivity index (χ0v) is 45.9. The molecule has 0 aromatic heterocycles. The molecular formula is C62H121NO5. The summed E-state index contributed by atoms with van der Waals surface area (Å²) < 4.78 is 0. The van der Waals surface area contributed by atoms with E-state index in [4.69, 9.17) is 0 Å². The molecule has 0 rings (SSSR count). The Bertz CT molecular complexity index is 1030. The fraction of sp³-hybridized carbons (Fsp3) is 0.919. The van der Waals surface area contributed by atoms with E-state index in [-0.39, 0.29) is 0 Å². The van der Waals surface area contributed by atoms with Gasteiger partial charge in [0, 0.05) is 0 Å². The first kappa shape index (κ1) is 66.8. The summed E-state index contributed by atoms with van der Waals surface area (Å²) in [6.07, 6.45) is 69.8. The predicted molar refractivity (Wildman–Crippen MR) is 298 cm³/mol. The van der Waals surface area contributed by atoms with Gasteiger partial charge in [0.2, 0.25) is 5.91 Å². The van der Waals surface area contributed by atoms with Crippen LogP contribution in [0.2, 0.25) is 0 Å². The van der Waals surface area contributed by atoms with Crippen LogP contribution in [0.15, 0.2) is 24.3 Å². The standard InChI is InChI=1S/C62H121NO5/c1-3-5-7-9-11-13-15-17-19-21-23-25-27-28-29-30-31-32-33-34-36-37-39-41-43-45-47-49-51-53-55-59(65)61(67)58(57-64)63-62(68)60(66)56-54-52-50-48-46-44-42-40-38-35-26-24-22-20-18-16-14-12-10-8-6-4-2/h24,26,38,40,58-61,64-67H,3-23,25,27-37,39,41-57H2,1-2H3,(H,63,68)/b26-24-,40-38-. The second-order valence-corrected chi connectivity index (χ2v) is 21.4. The molecule has 0 aliphatic heterocycles. The zero-order chi connectivity index (χ0) is 49.5. The summed E-state index contributed by atoms with van der Waals surface area (Å²) in [4.78, 5) is 12.6. The summed E-state index contributed by atoms with van der Waals surface area (Å²) >= 11 is 0. The molecule has 1 amide bonds. The van der Waals surface area contributed by atoms with Gasteiger partial charge in [0.1, 0.15) is 12.2 Å². The number of hydrogen-bond donors (Lipinski definition) is 5. The van der Waals surface area contributed by atoms with Gasteiger partial charge in [-0.05, 0) is 44.9 Å². The van der Waals surface area contributed by atoms with Crippen LogP contribution in [0.5, 0.6) is 0 Å². The molecule has 4 unspecified atom stereocenters. The molecule has 0 aromatic rings. The number of nitrogens with one attached hydrogen (secondary N) is 1. The Balaban J connectivity index is 3.59. The molecule has 0 aliphatic carbocycles. The van der Waals surface area contributed by atoms with E-state index in [1.807, 2.05) is 0 Å². The van der Waals surface area contributed by atoms with E-state index in [1.54, 1.807) is 0 Å². The van der Waals surface area contributed by atoms with Crippen LogP contribution >= 0.6 is 0 Å². The highest BCUT2D eigenvalue weighted by Crippen LogP contribution is 2.19. The summed E-state index contributed by atoms with van der Waals surface area (Å²) in [7, 11) is 0. The van der Waals surface area contributed by atoms with Crippen molar-refractivity contribution in [3.05, 3.63) is 24.3 Å². The fourth-order valence-corrected chi connectivity index (χ4v) is 9.85. The molecule has 0 bridgehead atoms. The van der Waals surface area contributed by atoms with Crippen LogP contribution in [0.4, 0.5) is 0 Å². The summed E-state index contributed by atoms with van der Waals surface area (Å²) in [5.74, 6) is -0.587. The van der Waals surface area contributed by atoms with Crippen LogP contribution in [0.3, 0.4) is 0 Å². The number of carbonyl (C=O) groups excluding carboxylic acids is 1. The van der Waals surface area contributed by atoms with E-state index in [0.29, 0.717) is 12.8 Å². The largest absolute Gasteiger partial charge is 0.394 e. The Kier molecular flexibility index (Phi) is 55.7. The van der Waals surface area contributed by atoms with Gasteiger partial charge in [-0.25, -0.2) is 0 Å². The lowest BCUT2D eigenvalue weighted by Crippen LogP contribution is -2.53. The SMILES string of the molecule is CCCCCCCCCCC/C=C\C/C=C\CCCCCCCCC(O)C(=O)NC(CO)C(O)C(O)CCCCCCCCCCCCCCCCCCCCCCCCCCCCCCCC.